The van der Waals surface area contributed by atoms with Crippen molar-refractivity contribution < 1.29 is 13.5 Å². The third-order valence-corrected chi connectivity index (χ3v) is 8.09. The first kappa shape index (κ1) is 24.0. The van der Waals surface area contributed by atoms with Crippen molar-refractivity contribution in [1.82, 2.24) is 0 Å². The Morgan fingerprint density at radius 2 is 1.58 bits per heavy atom. The average molecular weight is 453 g/mol. The molecule has 0 N–H and O–H groups in total. The summed E-state index contributed by atoms with van der Waals surface area (Å²) >= 11 is 0. The van der Waals surface area contributed by atoms with Gasteiger partial charge in [0.2, 0.25) is 0 Å². The van der Waals surface area contributed by atoms with Crippen LogP contribution in [0.2, 0.25) is 0 Å². The van der Waals surface area contributed by atoms with Crippen LogP contribution in [0.5, 0.6) is 5.75 Å². The van der Waals surface area contributed by atoms with Crippen molar-refractivity contribution in [1.29, 1.82) is 0 Å². The minimum Gasteiger partial charge on any atom is -0.490 e. The number of rotatable bonds is 8. The fourth-order valence-corrected chi connectivity index (χ4v) is 5.90. The molecule has 33 heavy (non-hydrogen) atoms. The molecule has 0 spiro atoms. The normalized spacial score (nSPS) is 26.0. The minimum absolute atomic E-state index is 0.119. The molecule has 178 valence electrons. The summed E-state index contributed by atoms with van der Waals surface area (Å²) in [5, 5.41) is 1.05. The van der Waals surface area contributed by atoms with E-state index in [0.29, 0.717) is 23.3 Å². The van der Waals surface area contributed by atoms with Crippen molar-refractivity contribution in [2.75, 3.05) is 6.61 Å². The summed E-state index contributed by atoms with van der Waals surface area (Å²) in [5.41, 5.74) is 0.559. The molecule has 0 radical (unpaired) electrons. The van der Waals surface area contributed by atoms with Crippen LogP contribution in [0.4, 0.5) is 8.78 Å². The molecule has 2 aromatic carbocycles. The molecule has 0 amide bonds. The molecule has 0 saturated heterocycles. The van der Waals surface area contributed by atoms with Gasteiger partial charge in [0.05, 0.1) is 0 Å². The van der Waals surface area contributed by atoms with Gasteiger partial charge in [-0.25, -0.2) is 8.78 Å². The largest absolute Gasteiger partial charge is 0.490 e. The van der Waals surface area contributed by atoms with Crippen LogP contribution in [-0.2, 0) is 0 Å². The molecule has 1 nitrogen and oxygen atoms in total. The summed E-state index contributed by atoms with van der Waals surface area (Å²) in [7, 11) is 0. The van der Waals surface area contributed by atoms with Gasteiger partial charge in [0.1, 0.15) is 12.4 Å². The third-order valence-electron chi connectivity index (χ3n) is 8.09. The smallest absolute Gasteiger partial charge is 0.167 e. The number of fused-ring (bicyclic) bond motifs is 1. The Hall–Kier alpha value is -2.16. The number of benzene rings is 2. The van der Waals surface area contributed by atoms with E-state index in [1.807, 2.05) is 37.3 Å². The van der Waals surface area contributed by atoms with Crippen LogP contribution in [0.15, 0.2) is 49.1 Å². The highest BCUT2D eigenvalue weighted by Gasteiger charge is 2.27. The minimum atomic E-state index is -0.740. The molecule has 2 fully saturated rings. The lowest BCUT2D eigenvalue weighted by molar-refractivity contribution is 0.245. The third kappa shape index (κ3) is 5.86. The molecular weight excluding hydrogens is 414 g/mol. The number of ether oxygens (including phenoxy) is 1. The maximum Gasteiger partial charge on any atom is 0.167 e. The first-order chi connectivity index (χ1) is 16.1. The van der Waals surface area contributed by atoms with Crippen molar-refractivity contribution in [3.8, 4) is 5.75 Å². The second-order valence-corrected chi connectivity index (χ2v) is 10.2. The Bertz CT molecular complexity index is 963. The lowest BCUT2D eigenvalue weighted by Crippen LogP contribution is -2.17. The van der Waals surface area contributed by atoms with E-state index in [1.54, 1.807) is 6.07 Å². The predicted molar refractivity (Wildman–Crippen MR) is 134 cm³/mol. The standard InChI is InChI=1S/C30H38F2O/c1-3-5-18-33-26-17-16-25-19-27(29(31)30(32)28(25)20-26)24-14-12-23(13-15-24)11-10-22-8-6-21(4-2)7-9-22/h3-5,16-17,19-24H,2,6-15,18H2,1H3. The monoisotopic (exact) mass is 452 g/mol. The van der Waals surface area contributed by atoms with Crippen LogP contribution in [0.25, 0.3) is 10.8 Å². The number of hydrogen-bond donors (Lipinski definition) is 0. The summed E-state index contributed by atoms with van der Waals surface area (Å²) in [6.07, 6.45) is 18.0. The van der Waals surface area contributed by atoms with E-state index < -0.39 is 11.6 Å². The summed E-state index contributed by atoms with van der Waals surface area (Å²) in [5.74, 6) is 1.61. The topological polar surface area (TPSA) is 9.23 Å². The van der Waals surface area contributed by atoms with E-state index in [0.717, 1.165) is 48.8 Å². The molecule has 2 aliphatic rings. The van der Waals surface area contributed by atoms with Gasteiger partial charge in [-0.2, -0.15) is 0 Å². The predicted octanol–water partition coefficient (Wildman–Crippen LogP) is 9.12. The van der Waals surface area contributed by atoms with E-state index in [2.05, 4.69) is 12.7 Å². The van der Waals surface area contributed by atoms with Crippen LogP contribution >= 0.6 is 0 Å². The zero-order chi connectivity index (χ0) is 23.2. The van der Waals surface area contributed by atoms with Gasteiger partial charge in [-0.1, -0.05) is 37.1 Å². The van der Waals surface area contributed by atoms with Crippen LogP contribution < -0.4 is 4.74 Å². The zero-order valence-electron chi connectivity index (χ0n) is 20.0. The first-order valence-electron chi connectivity index (χ1n) is 12.9. The summed E-state index contributed by atoms with van der Waals surface area (Å²) in [6, 6.07) is 7.17. The summed E-state index contributed by atoms with van der Waals surface area (Å²) in [4.78, 5) is 0. The van der Waals surface area contributed by atoms with E-state index in [9.17, 15) is 4.39 Å². The Labute approximate surface area is 197 Å². The fraction of sp³-hybridized carbons (Fsp3) is 0.533. The Kier molecular flexibility index (Phi) is 8.22. The Morgan fingerprint density at radius 1 is 0.909 bits per heavy atom. The first-order valence-corrected chi connectivity index (χ1v) is 12.9. The molecular formula is C30H38F2O. The highest BCUT2D eigenvalue weighted by molar-refractivity contribution is 5.85. The maximum absolute atomic E-state index is 15.1. The molecule has 4 rings (SSSR count). The van der Waals surface area contributed by atoms with Gasteiger partial charge in [0, 0.05) is 5.39 Å². The van der Waals surface area contributed by atoms with Crippen molar-refractivity contribution in [2.24, 2.45) is 17.8 Å². The van der Waals surface area contributed by atoms with E-state index in [1.165, 1.54) is 38.5 Å². The number of hydrogen-bond acceptors (Lipinski definition) is 1. The molecule has 0 heterocycles. The molecule has 0 aromatic heterocycles. The van der Waals surface area contributed by atoms with Gasteiger partial charge in [-0.05, 0) is 111 Å². The molecule has 0 bridgehead atoms. The van der Waals surface area contributed by atoms with Crippen molar-refractivity contribution in [3.63, 3.8) is 0 Å². The van der Waals surface area contributed by atoms with E-state index in [4.69, 9.17) is 4.74 Å². The van der Waals surface area contributed by atoms with Gasteiger partial charge in [-0.3, -0.25) is 0 Å². The molecule has 2 saturated carbocycles. The van der Waals surface area contributed by atoms with Crippen LogP contribution in [0.3, 0.4) is 0 Å². The lowest BCUT2D eigenvalue weighted by atomic mass is 9.74. The summed E-state index contributed by atoms with van der Waals surface area (Å²) < 4.78 is 35.7. The number of allylic oxidation sites excluding steroid dienone is 2. The lowest BCUT2D eigenvalue weighted by Gasteiger charge is -2.31. The van der Waals surface area contributed by atoms with Gasteiger partial charge in [0.25, 0.3) is 0 Å². The zero-order valence-corrected chi connectivity index (χ0v) is 20.0. The molecule has 0 unspecified atom stereocenters. The van der Waals surface area contributed by atoms with Gasteiger partial charge < -0.3 is 4.74 Å². The molecule has 0 atom stereocenters. The average Bonchev–Trinajstić information content (AvgIpc) is 2.86. The second-order valence-electron chi connectivity index (χ2n) is 10.2. The molecule has 0 aliphatic heterocycles. The van der Waals surface area contributed by atoms with Gasteiger partial charge >= 0.3 is 0 Å². The SMILES string of the molecule is C=CC1CCC(CCC2CCC(c3cc4ccc(OCC=CC)cc4c(F)c3F)CC2)CC1. The Morgan fingerprint density at radius 3 is 2.21 bits per heavy atom. The quantitative estimate of drug-likeness (QED) is 0.363. The van der Waals surface area contributed by atoms with Crippen molar-refractivity contribution >= 4 is 10.8 Å². The Balaban J connectivity index is 1.35. The summed E-state index contributed by atoms with van der Waals surface area (Å²) in [6.45, 7) is 6.29. The molecule has 2 aromatic rings. The van der Waals surface area contributed by atoms with Gasteiger partial charge in [-0.15, -0.1) is 6.58 Å². The van der Waals surface area contributed by atoms with Gasteiger partial charge in [0.15, 0.2) is 11.6 Å². The maximum atomic E-state index is 15.1. The molecule has 2 aliphatic carbocycles. The number of halogens is 2. The van der Waals surface area contributed by atoms with Crippen LogP contribution in [0, 0.1) is 29.4 Å². The van der Waals surface area contributed by atoms with E-state index >= 15 is 4.39 Å². The van der Waals surface area contributed by atoms with Crippen LogP contribution in [-0.4, -0.2) is 6.61 Å². The van der Waals surface area contributed by atoms with Crippen molar-refractivity contribution in [2.45, 2.75) is 77.0 Å². The highest BCUT2D eigenvalue weighted by atomic mass is 19.2. The highest BCUT2D eigenvalue weighted by Crippen LogP contribution is 2.42. The van der Waals surface area contributed by atoms with E-state index in [-0.39, 0.29) is 5.92 Å². The fourth-order valence-electron chi connectivity index (χ4n) is 5.90. The van der Waals surface area contributed by atoms with Crippen molar-refractivity contribution in [3.05, 3.63) is 66.3 Å². The van der Waals surface area contributed by atoms with Crippen LogP contribution in [0.1, 0.15) is 82.6 Å². The second kappa shape index (κ2) is 11.3. The molecule has 3 heteroatoms.